The molecule has 14 heteroatoms. The Morgan fingerprint density at radius 3 is 2.48 bits per heavy atom. The van der Waals surface area contributed by atoms with Crippen LogP contribution in [0.4, 0.5) is 0 Å². The van der Waals surface area contributed by atoms with Crippen molar-refractivity contribution in [3.05, 3.63) is 11.3 Å². The van der Waals surface area contributed by atoms with E-state index in [4.69, 9.17) is 31.0 Å². The number of methoxy groups -OCH3 is 1. The van der Waals surface area contributed by atoms with E-state index in [1.807, 2.05) is 0 Å². The Morgan fingerprint density at radius 2 is 1.94 bits per heavy atom. The number of ether oxygens (including phenoxy) is 3. The molecule has 0 bridgehead atoms. The van der Waals surface area contributed by atoms with Gasteiger partial charge in [-0.15, -0.1) is 23.4 Å². The summed E-state index contributed by atoms with van der Waals surface area (Å²) in [6, 6.07) is -1.09. The number of ketones is 1. The van der Waals surface area contributed by atoms with E-state index < -0.39 is 64.8 Å². The number of hydrogen-bond donors (Lipinski definition) is 2. The lowest BCUT2D eigenvalue weighted by Gasteiger charge is -2.49. The molecule has 2 atom stereocenters. The smallest absolute Gasteiger partial charge is 0.358 e. The van der Waals surface area contributed by atoms with Crippen LogP contribution >= 0.6 is 23.4 Å². The van der Waals surface area contributed by atoms with Gasteiger partial charge in [0, 0.05) is 12.9 Å². The lowest BCUT2D eigenvalue weighted by atomic mass is 9.98. The summed E-state index contributed by atoms with van der Waals surface area (Å²) in [6.07, 6.45) is 0. The van der Waals surface area contributed by atoms with Crippen LogP contribution < -0.4 is 5.32 Å². The number of fused-ring (bicyclic) bond motifs is 1. The molecular weight excluding hydrogens is 482 g/mol. The van der Waals surface area contributed by atoms with E-state index in [1.165, 1.54) is 18.9 Å². The number of nitrogens with one attached hydrogen (secondary N) is 1. The van der Waals surface area contributed by atoms with Gasteiger partial charge in [-0.3, -0.25) is 24.1 Å². The van der Waals surface area contributed by atoms with Gasteiger partial charge in [0.2, 0.25) is 18.3 Å². The monoisotopic (exact) mass is 505 g/mol. The highest BCUT2D eigenvalue weighted by Crippen LogP contribution is 2.40. The molecule has 0 saturated carbocycles. The Morgan fingerprint density at radius 1 is 1.27 bits per heavy atom. The van der Waals surface area contributed by atoms with Crippen molar-refractivity contribution in [2.45, 2.75) is 32.2 Å². The summed E-state index contributed by atoms with van der Waals surface area (Å²) < 4.78 is 15.1. The lowest BCUT2D eigenvalue weighted by molar-refractivity contribution is -0.173. The molecule has 0 aromatic heterocycles. The van der Waals surface area contributed by atoms with Crippen LogP contribution in [0.15, 0.2) is 16.4 Å². The molecule has 1 unspecified atom stereocenters. The number of carbonyl (C=O) groups is 5. The number of esters is 2. The first kappa shape index (κ1) is 26.6. The zero-order valence-corrected chi connectivity index (χ0v) is 19.9. The summed E-state index contributed by atoms with van der Waals surface area (Å²) in [5.74, 6) is -4.43. The van der Waals surface area contributed by atoms with Crippen molar-refractivity contribution >= 4 is 58.6 Å². The molecular formula is C19H24ClN3O9S. The molecule has 1 fully saturated rings. The molecule has 2 aliphatic rings. The third-order valence-corrected chi connectivity index (χ3v) is 6.12. The van der Waals surface area contributed by atoms with Crippen LogP contribution in [0.25, 0.3) is 0 Å². The van der Waals surface area contributed by atoms with Crippen LogP contribution in [0.3, 0.4) is 0 Å². The average Bonchev–Trinajstić information content (AvgIpc) is 2.76. The summed E-state index contributed by atoms with van der Waals surface area (Å²) in [4.78, 5) is 62.3. The molecule has 2 N–H and O–H groups in total. The van der Waals surface area contributed by atoms with Crippen LogP contribution in [-0.2, 0) is 38.2 Å². The van der Waals surface area contributed by atoms with Gasteiger partial charge >= 0.3 is 11.9 Å². The first-order valence-electron chi connectivity index (χ1n) is 9.60. The minimum Gasteiger partial charge on any atom is -0.427 e. The number of hydrogen-bond acceptors (Lipinski definition) is 11. The highest BCUT2D eigenvalue weighted by molar-refractivity contribution is 8.00. The largest absolute Gasteiger partial charge is 0.427 e. The van der Waals surface area contributed by atoms with Gasteiger partial charge in [-0.1, -0.05) is 5.16 Å². The second-order valence-corrected chi connectivity index (χ2v) is 9.36. The minimum absolute atomic E-state index is 0.0400. The van der Waals surface area contributed by atoms with Crippen LogP contribution in [0.1, 0.15) is 20.8 Å². The standard InChI is InChI=1S/C19H24ClN3O9S/c1-19(2,3)18(28)32-8-31-17(27)13-9(6-30-4)7-33-16-12(15(26)23(13)16)21-14(25)11(22-29)10(24)5-20/h12,16,29H,5-8H2,1-4H3,(H,21,25)/b22-11-/t12?,16-/m1/s1. The predicted molar refractivity (Wildman–Crippen MR) is 115 cm³/mol. The van der Waals surface area contributed by atoms with Gasteiger partial charge in [0.15, 0.2) is 0 Å². The number of Topliss-reactive ketones (excluding diaryl/α,β-unsaturated/α-hetero) is 1. The fraction of sp³-hybridized carbons (Fsp3) is 0.579. The SMILES string of the molecule is COCC1=C(C(=O)OCOC(=O)C(C)(C)C)N2C(=O)C(NC(=O)/C(=N\O)C(=O)CCl)[C@H]2SC1. The number of nitrogens with zero attached hydrogens (tertiary/aromatic N) is 2. The Labute approximate surface area is 198 Å². The second kappa shape index (κ2) is 11.0. The van der Waals surface area contributed by atoms with Gasteiger partial charge in [0.1, 0.15) is 17.1 Å². The molecule has 2 amide bonds. The van der Waals surface area contributed by atoms with Crippen molar-refractivity contribution in [1.82, 2.24) is 10.2 Å². The second-order valence-electron chi connectivity index (χ2n) is 7.98. The predicted octanol–water partition coefficient (Wildman–Crippen LogP) is 0.0149. The number of thioether (sulfide) groups is 1. The quantitative estimate of drug-likeness (QED) is 0.0638. The molecule has 0 aliphatic carbocycles. The first-order valence-corrected chi connectivity index (χ1v) is 11.2. The Hall–Kier alpha value is -2.64. The Balaban J connectivity index is 2.14. The number of halogens is 1. The zero-order valence-electron chi connectivity index (χ0n) is 18.4. The van der Waals surface area contributed by atoms with E-state index in [9.17, 15) is 24.0 Å². The van der Waals surface area contributed by atoms with E-state index >= 15 is 0 Å². The third-order valence-electron chi connectivity index (χ3n) is 4.54. The third kappa shape index (κ3) is 5.84. The van der Waals surface area contributed by atoms with Gasteiger partial charge < -0.3 is 24.7 Å². The van der Waals surface area contributed by atoms with Gasteiger partial charge in [-0.2, -0.15) is 0 Å². The van der Waals surface area contributed by atoms with E-state index in [1.54, 1.807) is 20.8 Å². The number of amides is 2. The fourth-order valence-corrected chi connectivity index (χ4v) is 4.33. The van der Waals surface area contributed by atoms with Crippen molar-refractivity contribution in [3.8, 4) is 0 Å². The van der Waals surface area contributed by atoms with Crippen molar-refractivity contribution in [2.75, 3.05) is 32.1 Å². The number of alkyl halides is 1. The van der Waals surface area contributed by atoms with E-state index in [-0.39, 0.29) is 18.1 Å². The summed E-state index contributed by atoms with van der Waals surface area (Å²) in [5, 5.41) is 13.2. The number of rotatable bonds is 9. The molecule has 12 nitrogen and oxygen atoms in total. The number of carbonyl (C=O) groups excluding carboxylic acids is 5. The van der Waals surface area contributed by atoms with Crippen molar-refractivity contribution < 1.29 is 43.4 Å². The first-order chi connectivity index (χ1) is 15.5. The summed E-state index contributed by atoms with van der Waals surface area (Å²) in [6.45, 7) is 4.31. The lowest BCUT2D eigenvalue weighted by Crippen LogP contribution is -2.71. The van der Waals surface area contributed by atoms with Crippen LogP contribution in [0, 0.1) is 5.41 Å². The van der Waals surface area contributed by atoms with Crippen molar-refractivity contribution in [2.24, 2.45) is 10.6 Å². The topological polar surface area (TPSA) is 161 Å². The molecule has 2 rings (SSSR count). The molecule has 2 heterocycles. The summed E-state index contributed by atoms with van der Waals surface area (Å²) in [7, 11) is 1.42. The molecule has 2 aliphatic heterocycles. The molecule has 0 spiro atoms. The van der Waals surface area contributed by atoms with Crippen LogP contribution in [0.2, 0.25) is 0 Å². The summed E-state index contributed by atoms with van der Waals surface area (Å²) in [5.41, 5.74) is -1.23. The zero-order chi connectivity index (χ0) is 24.9. The minimum atomic E-state index is -1.09. The van der Waals surface area contributed by atoms with E-state index in [2.05, 4.69) is 10.5 Å². The van der Waals surface area contributed by atoms with Crippen molar-refractivity contribution in [1.29, 1.82) is 0 Å². The molecule has 182 valence electrons. The van der Waals surface area contributed by atoms with Gasteiger partial charge in [0.25, 0.3) is 11.8 Å². The summed E-state index contributed by atoms with van der Waals surface area (Å²) >= 11 is 6.63. The average molecular weight is 506 g/mol. The number of β-lactam (4-membered cyclic amide) rings is 1. The van der Waals surface area contributed by atoms with E-state index in [0.717, 1.165) is 4.90 Å². The Bertz CT molecular complexity index is 913. The van der Waals surface area contributed by atoms with Gasteiger partial charge in [0.05, 0.1) is 17.9 Å². The number of oxime groups is 1. The maximum atomic E-state index is 12.8. The van der Waals surface area contributed by atoms with Crippen molar-refractivity contribution in [3.63, 3.8) is 0 Å². The van der Waals surface area contributed by atoms with E-state index in [0.29, 0.717) is 5.57 Å². The highest BCUT2D eigenvalue weighted by Gasteiger charge is 2.54. The molecule has 0 aromatic rings. The highest BCUT2D eigenvalue weighted by atomic mass is 35.5. The molecule has 0 radical (unpaired) electrons. The fourth-order valence-electron chi connectivity index (χ4n) is 2.88. The Kier molecular flexibility index (Phi) is 8.86. The van der Waals surface area contributed by atoms with Gasteiger partial charge in [-0.05, 0) is 26.3 Å². The molecule has 0 aromatic carbocycles. The van der Waals surface area contributed by atoms with Gasteiger partial charge in [-0.25, -0.2) is 4.79 Å². The maximum Gasteiger partial charge on any atom is 0.358 e. The van der Waals surface area contributed by atoms with Crippen LogP contribution in [0.5, 0.6) is 0 Å². The molecule has 1 saturated heterocycles. The van der Waals surface area contributed by atoms with Crippen LogP contribution in [-0.4, -0.2) is 88.9 Å². The molecule has 33 heavy (non-hydrogen) atoms. The maximum absolute atomic E-state index is 12.8. The normalized spacial score (nSPS) is 20.6.